The van der Waals surface area contributed by atoms with Crippen LogP contribution in [0.3, 0.4) is 0 Å². The molecule has 0 atom stereocenters. The molecule has 1 amide bonds. The van der Waals surface area contributed by atoms with Gasteiger partial charge in [-0.1, -0.05) is 18.2 Å². The van der Waals surface area contributed by atoms with Crippen LogP contribution < -0.4 is 0 Å². The maximum absolute atomic E-state index is 12.0. The van der Waals surface area contributed by atoms with Gasteiger partial charge in [0.1, 0.15) is 5.60 Å². The van der Waals surface area contributed by atoms with Gasteiger partial charge in [-0.2, -0.15) is 0 Å². The molecule has 1 saturated heterocycles. The van der Waals surface area contributed by atoms with Crippen molar-refractivity contribution < 1.29 is 9.90 Å². The second-order valence-corrected chi connectivity index (χ2v) is 4.91. The number of carbonyl (C=O) groups excluding carboxylic acids is 1. The van der Waals surface area contributed by atoms with Gasteiger partial charge in [-0.15, -0.1) is 0 Å². The Labute approximate surface area is 94.7 Å². The van der Waals surface area contributed by atoms with E-state index in [4.69, 9.17) is 0 Å². The standard InChI is InChI=1S/C13H15NO2/c15-12(10-4-2-1-3-5-10)14-8-13(16,9-14)11-6-7-11/h1-5,11,16H,6-9H2. The third-order valence-electron chi connectivity index (χ3n) is 3.57. The van der Waals surface area contributed by atoms with E-state index in [1.165, 1.54) is 0 Å². The molecular weight excluding hydrogens is 202 g/mol. The summed E-state index contributed by atoms with van der Waals surface area (Å²) in [7, 11) is 0. The molecule has 1 N–H and O–H groups in total. The fourth-order valence-corrected chi connectivity index (χ4v) is 2.40. The lowest BCUT2D eigenvalue weighted by Crippen LogP contribution is -2.64. The van der Waals surface area contributed by atoms with Gasteiger partial charge in [-0.05, 0) is 30.9 Å². The molecule has 0 aromatic heterocycles. The molecule has 1 aromatic carbocycles. The summed E-state index contributed by atoms with van der Waals surface area (Å²) in [6.45, 7) is 1.01. The average molecular weight is 217 g/mol. The van der Waals surface area contributed by atoms with Gasteiger partial charge in [0.05, 0.1) is 13.1 Å². The highest BCUT2D eigenvalue weighted by Crippen LogP contribution is 2.44. The molecule has 0 unspecified atom stereocenters. The van der Waals surface area contributed by atoms with Crippen molar-refractivity contribution in [1.82, 2.24) is 4.90 Å². The monoisotopic (exact) mass is 217 g/mol. The predicted octanol–water partition coefficient (Wildman–Crippen LogP) is 1.28. The summed E-state index contributed by atoms with van der Waals surface area (Å²) in [5.74, 6) is 0.471. The van der Waals surface area contributed by atoms with Crippen LogP contribution in [0.25, 0.3) is 0 Å². The molecule has 3 rings (SSSR count). The van der Waals surface area contributed by atoms with E-state index < -0.39 is 5.60 Å². The van der Waals surface area contributed by atoms with Crippen molar-refractivity contribution in [2.75, 3.05) is 13.1 Å². The molecule has 2 fully saturated rings. The lowest BCUT2D eigenvalue weighted by atomic mass is 9.88. The van der Waals surface area contributed by atoms with Gasteiger partial charge in [0.25, 0.3) is 5.91 Å². The molecule has 16 heavy (non-hydrogen) atoms. The zero-order valence-electron chi connectivity index (χ0n) is 9.10. The average Bonchev–Trinajstić information content (AvgIpc) is 3.09. The van der Waals surface area contributed by atoms with Crippen LogP contribution in [0.15, 0.2) is 30.3 Å². The summed E-state index contributed by atoms with van der Waals surface area (Å²) < 4.78 is 0. The van der Waals surface area contributed by atoms with Gasteiger partial charge in [0.15, 0.2) is 0 Å². The van der Waals surface area contributed by atoms with Gasteiger partial charge in [0.2, 0.25) is 0 Å². The first-order chi connectivity index (χ1) is 7.69. The highest BCUT2D eigenvalue weighted by molar-refractivity contribution is 5.94. The Balaban J connectivity index is 1.66. The zero-order chi connectivity index (χ0) is 11.2. The van der Waals surface area contributed by atoms with Gasteiger partial charge in [0, 0.05) is 5.56 Å². The summed E-state index contributed by atoms with van der Waals surface area (Å²) in [5.41, 5.74) is 0.130. The summed E-state index contributed by atoms with van der Waals surface area (Å²) >= 11 is 0. The minimum absolute atomic E-state index is 0.0333. The number of β-amino-alcohol motifs (C(OH)–C–C–N with tert-alkyl or cyclic N) is 1. The number of aliphatic hydroxyl groups is 1. The van der Waals surface area contributed by atoms with Crippen molar-refractivity contribution in [2.45, 2.75) is 18.4 Å². The molecule has 1 aliphatic carbocycles. The van der Waals surface area contributed by atoms with E-state index in [2.05, 4.69) is 0 Å². The Hall–Kier alpha value is -1.35. The Kier molecular flexibility index (Phi) is 2.04. The van der Waals surface area contributed by atoms with E-state index in [1.54, 1.807) is 4.90 Å². The highest BCUT2D eigenvalue weighted by atomic mass is 16.3. The summed E-state index contributed by atoms with van der Waals surface area (Å²) in [6, 6.07) is 9.25. The van der Waals surface area contributed by atoms with Crippen LogP contribution in [0.5, 0.6) is 0 Å². The number of hydrogen-bond acceptors (Lipinski definition) is 2. The van der Waals surface area contributed by atoms with Gasteiger partial charge in [-0.3, -0.25) is 4.79 Å². The lowest BCUT2D eigenvalue weighted by Gasteiger charge is -2.47. The first-order valence-corrected chi connectivity index (χ1v) is 5.76. The van der Waals surface area contributed by atoms with E-state index >= 15 is 0 Å². The van der Waals surface area contributed by atoms with E-state index in [0.717, 1.165) is 12.8 Å². The minimum atomic E-state index is -0.579. The molecule has 84 valence electrons. The second kappa shape index (κ2) is 3.32. The van der Waals surface area contributed by atoms with Crippen molar-refractivity contribution in [2.24, 2.45) is 5.92 Å². The molecule has 3 heteroatoms. The highest BCUT2D eigenvalue weighted by Gasteiger charge is 2.53. The minimum Gasteiger partial charge on any atom is -0.386 e. The Morgan fingerprint density at radius 2 is 1.88 bits per heavy atom. The Bertz CT molecular complexity index is 405. The maximum Gasteiger partial charge on any atom is 0.254 e. The second-order valence-electron chi connectivity index (χ2n) is 4.91. The first kappa shape index (κ1) is 9.85. The van der Waals surface area contributed by atoms with Crippen molar-refractivity contribution in [3.8, 4) is 0 Å². The third kappa shape index (κ3) is 1.52. The molecule has 1 aliphatic heterocycles. The SMILES string of the molecule is O=C(c1ccccc1)N1CC(O)(C2CC2)C1. The topological polar surface area (TPSA) is 40.5 Å². The molecule has 0 radical (unpaired) electrons. The fraction of sp³-hybridized carbons (Fsp3) is 0.462. The van der Waals surface area contributed by atoms with Crippen LogP contribution in [0.4, 0.5) is 0 Å². The van der Waals surface area contributed by atoms with E-state index in [-0.39, 0.29) is 5.91 Å². The normalized spacial score (nSPS) is 22.7. The largest absolute Gasteiger partial charge is 0.386 e. The third-order valence-corrected chi connectivity index (χ3v) is 3.57. The van der Waals surface area contributed by atoms with Crippen LogP contribution in [-0.4, -0.2) is 34.6 Å². The number of amides is 1. The fourth-order valence-electron chi connectivity index (χ4n) is 2.40. The van der Waals surface area contributed by atoms with E-state index in [0.29, 0.717) is 24.6 Å². The number of rotatable bonds is 2. The molecular formula is C13H15NO2. The molecule has 1 saturated carbocycles. The summed E-state index contributed by atoms with van der Waals surface area (Å²) in [4.78, 5) is 13.7. The van der Waals surface area contributed by atoms with Gasteiger partial charge < -0.3 is 10.0 Å². The predicted molar refractivity (Wildman–Crippen MR) is 60.0 cm³/mol. The van der Waals surface area contributed by atoms with Crippen LogP contribution in [0.1, 0.15) is 23.2 Å². The van der Waals surface area contributed by atoms with Gasteiger partial charge >= 0.3 is 0 Å². The number of carbonyl (C=O) groups is 1. The van der Waals surface area contributed by atoms with Crippen molar-refractivity contribution in [3.63, 3.8) is 0 Å². The summed E-state index contributed by atoms with van der Waals surface area (Å²) in [6.07, 6.45) is 2.23. The number of benzene rings is 1. The Morgan fingerprint density at radius 3 is 2.44 bits per heavy atom. The molecule has 0 bridgehead atoms. The molecule has 2 aliphatic rings. The number of nitrogens with zero attached hydrogens (tertiary/aromatic N) is 1. The quantitative estimate of drug-likeness (QED) is 0.810. The van der Waals surface area contributed by atoms with Crippen molar-refractivity contribution in [1.29, 1.82) is 0 Å². The summed E-state index contributed by atoms with van der Waals surface area (Å²) in [5, 5.41) is 10.1. The van der Waals surface area contributed by atoms with Crippen LogP contribution >= 0.6 is 0 Å². The zero-order valence-corrected chi connectivity index (χ0v) is 9.10. The number of likely N-dealkylation sites (tertiary alicyclic amines) is 1. The van der Waals surface area contributed by atoms with E-state index in [1.807, 2.05) is 30.3 Å². The Morgan fingerprint density at radius 1 is 1.25 bits per heavy atom. The van der Waals surface area contributed by atoms with Crippen LogP contribution in [0.2, 0.25) is 0 Å². The molecule has 0 spiro atoms. The van der Waals surface area contributed by atoms with E-state index in [9.17, 15) is 9.90 Å². The van der Waals surface area contributed by atoms with Crippen LogP contribution in [-0.2, 0) is 0 Å². The molecule has 1 heterocycles. The van der Waals surface area contributed by atoms with Crippen molar-refractivity contribution in [3.05, 3.63) is 35.9 Å². The number of hydrogen-bond donors (Lipinski definition) is 1. The molecule has 3 nitrogen and oxygen atoms in total. The lowest BCUT2D eigenvalue weighted by molar-refractivity contribution is -0.0958. The van der Waals surface area contributed by atoms with Crippen LogP contribution in [0, 0.1) is 5.92 Å². The van der Waals surface area contributed by atoms with Crippen molar-refractivity contribution >= 4 is 5.91 Å². The molecule has 1 aromatic rings. The maximum atomic E-state index is 12.0. The smallest absolute Gasteiger partial charge is 0.254 e. The van der Waals surface area contributed by atoms with Gasteiger partial charge in [-0.25, -0.2) is 0 Å². The first-order valence-electron chi connectivity index (χ1n) is 5.76.